The van der Waals surface area contributed by atoms with E-state index < -0.39 is 8.80 Å². The monoisotopic (exact) mass is 207 g/mol. The van der Waals surface area contributed by atoms with Gasteiger partial charge in [0.2, 0.25) is 0 Å². The largest absolute Gasteiger partial charge is 0.503 e. The zero-order chi connectivity index (χ0) is 10.3. The molecule has 0 saturated heterocycles. The van der Waals surface area contributed by atoms with E-state index in [9.17, 15) is 0 Å². The lowest BCUT2D eigenvalue weighted by molar-refractivity contribution is 0.111. The summed E-state index contributed by atoms with van der Waals surface area (Å²) in [6, 6.07) is 0. The molecule has 0 aliphatic rings. The van der Waals surface area contributed by atoms with Crippen LogP contribution in [-0.2, 0) is 13.3 Å². The van der Waals surface area contributed by atoms with E-state index in [1.807, 2.05) is 0 Å². The van der Waals surface area contributed by atoms with Gasteiger partial charge in [-0.2, -0.15) is 0 Å². The van der Waals surface area contributed by atoms with Crippen LogP contribution >= 0.6 is 0 Å². The Labute approximate surface area is 81.7 Å². The van der Waals surface area contributed by atoms with E-state index in [1.165, 1.54) is 0 Å². The average Bonchev–Trinajstić information content (AvgIpc) is 2.18. The molecule has 1 unspecified atom stereocenters. The molecule has 0 radical (unpaired) electrons. The van der Waals surface area contributed by atoms with Gasteiger partial charge in [0.05, 0.1) is 0 Å². The predicted octanol–water partition coefficient (Wildman–Crippen LogP) is 0.993. The minimum absolute atomic E-state index is 0.302. The van der Waals surface area contributed by atoms with Crippen LogP contribution < -0.4 is 5.73 Å². The molecule has 5 heteroatoms. The van der Waals surface area contributed by atoms with E-state index in [4.69, 9.17) is 19.0 Å². The van der Waals surface area contributed by atoms with Gasteiger partial charge in [0.15, 0.2) is 0 Å². The molecule has 2 N–H and O–H groups in total. The molecule has 1 atom stereocenters. The Morgan fingerprint density at radius 2 is 1.62 bits per heavy atom. The normalized spacial score (nSPS) is 14.5. The summed E-state index contributed by atoms with van der Waals surface area (Å²) in [5.41, 5.74) is 5.74. The molecule has 0 aromatic rings. The third-order valence-electron chi connectivity index (χ3n) is 2.30. The fraction of sp³-hybridized carbons (Fsp3) is 1.00. The number of hydrogen-bond acceptors (Lipinski definition) is 4. The van der Waals surface area contributed by atoms with Crippen molar-refractivity contribution in [2.45, 2.75) is 25.3 Å². The SMILES string of the molecule is CO[Si](OC)(OC)C(C)CCCN. The molecule has 80 valence electrons. The molecule has 0 aromatic carbocycles. The van der Waals surface area contributed by atoms with E-state index in [0.29, 0.717) is 12.1 Å². The molecule has 0 saturated carbocycles. The second-order valence-electron chi connectivity index (χ2n) is 3.05. The van der Waals surface area contributed by atoms with Crippen molar-refractivity contribution >= 4 is 8.80 Å². The molecule has 0 aromatic heterocycles. The first-order chi connectivity index (χ1) is 6.16. The minimum Gasteiger partial charge on any atom is -0.377 e. The van der Waals surface area contributed by atoms with Crippen LogP contribution in [0.1, 0.15) is 19.8 Å². The van der Waals surface area contributed by atoms with E-state index in [-0.39, 0.29) is 0 Å². The van der Waals surface area contributed by atoms with Gasteiger partial charge < -0.3 is 19.0 Å². The van der Waals surface area contributed by atoms with Gasteiger partial charge in [-0.25, -0.2) is 0 Å². The van der Waals surface area contributed by atoms with Crippen molar-refractivity contribution in [2.24, 2.45) is 5.73 Å². The van der Waals surface area contributed by atoms with Gasteiger partial charge in [-0.1, -0.05) is 6.92 Å². The molecule has 0 rings (SSSR count). The highest BCUT2D eigenvalue weighted by Crippen LogP contribution is 2.27. The van der Waals surface area contributed by atoms with Crippen LogP contribution in [-0.4, -0.2) is 36.7 Å². The topological polar surface area (TPSA) is 53.7 Å². The van der Waals surface area contributed by atoms with Crippen molar-refractivity contribution in [2.75, 3.05) is 27.9 Å². The summed E-state index contributed by atoms with van der Waals surface area (Å²) in [7, 11) is 2.50. The summed E-state index contributed by atoms with van der Waals surface area (Å²) in [6.45, 7) is 2.78. The summed E-state index contributed by atoms with van der Waals surface area (Å²) in [5, 5.41) is 0. The average molecular weight is 207 g/mol. The first kappa shape index (κ1) is 13.1. The maximum Gasteiger partial charge on any atom is 0.503 e. The van der Waals surface area contributed by atoms with Crippen LogP contribution in [0.3, 0.4) is 0 Å². The molecule has 0 bridgehead atoms. The summed E-state index contributed by atoms with van der Waals surface area (Å²) in [4.78, 5) is 0. The molecule has 0 aliphatic heterocycles. The fourth-order valence-electron chi connectivity index (χ4n) is 1.45. The van der Waals surface area contributed by atoms with Crippen molar-refractivity contribution in [3.8, 4) is 0 Å². The lowest BCUT2D eigenvalue weighted by Gasteiger charge is -2.30. The zero-order valence-corrected chi connectivity index (χ0v) is 10.0. The maximum atomic E-state index is 5.44. The molecule has 4 nitrogen and oxygen atoms in total. The van der Waals surface area contributed by atoms with Gasteiger partial charge in [-0.3, -0.25) is 0 Å². The van der Waals surface area contributed by atoms with Crippen molar-refractivity contribution in [1.29, 1.82) is 0 Å². The van der Waals surface area contributed by atoms with Crippen LogP contribution in [0.5, 0.6) is 0 Å². The van der Waals surface area contributed by atoms with Crippen molar-refractivity contribution in [1.82, 2.24) is 0 Å². The minimum atomic E-state index is -2.41. The molecular weight excluding hydrogens is 186 g/mol. The Kier molecular flexibility index (Phi) is 6.53. The van der Waals surface area contributed by atoms with Gasteiger partial charge in [0, 0.05) is 26.9 Å². The van der Waals surface area contributed by atoms with E-state index in [2.05, 4.69) is 6.92 Å². The molecule has 0 spiro atoms. The highest BCUT2D eigenvalue weighted by Gasteiger charge is 2.43. The van der Waals surface area contributed by atoms with Gasteiger partial charge in [-0.05, 0) is 19.4 Å². The smallest absolute Gasteiger partial charge is 0.377 e. The van der Waals surface area contributed by atoms with Crippen LogP contribution in [0.4, 0.5) is 0 Å². The van der Waals surface area contributed by atoms with E-state index in [1.54, 1.807) is 21.3 Å². The van der Waals surface area contributed by atoms with Gasteiger partial charge in [-0.15, -0.1) is 0 Å². The van der Waals surface area contributed by atoms with Crippen molar-refractivity contribution in [3.05, 3.63) is 0 Å². The molecule has 0 aliphatic carbocycles. The lowest BCUT2D eigenvalue weighted by atomic mass is 10.2. The van der Waals surface area contributed by atoms with E-state index >= 15 is 0 Å². The van der Waals surface area contributed by atoms with Crippen LogP contribution in [0.25, 0.3) is 0 Å². The second kappa shape index (κ2) is 6.50. The summed E-state index contributed by atoms with van der Waals surface area (Å²) >= 11 is 0. The summed E-state index contributed by atoms with van der Waals surface area (Å²) in [5.74, 6) is 0. The Balaban J connectivity index is 4.17. The molecule has 13 heavy (non-hydrogen) atoms. The fourth-order valence-corrected chi connectivity index (χ4v) is 3.72. The molecule has 0 fully saturated rings. The first-order valence-electron chi connectivity index (χ1n) is 4.52. The Bertz CT molecular complexity index is 122. The molecule has 0 heterocycles. The second-order valence-corrected chi connectivity index (χ2v) is 6.47. The highest BCUT2D eigenvalue weighted by molar-refractivity contribution is 6.62. The zero-order valence-electron chi connectivity index (χ0n) is 9.00. The van der Waals surface area contributed by atoms with Crippen LogP contribution in [0.2, 0.25) is 5.54 Å². The van der Waals surface area contributed by atoms with Crippen LogP contribution in [0.15, 0.2) is 0 Å². The van der Waals surface area contributed by atoms with Crippen molar-refractivity contribution in [3.63, 3.8) is 0 Å². The van der Waals surface area contributed by atoms with Gasteiger partial charge >= 0.3 is 8.80 Å². The van der Waals surface area contributed by atoms with E-state index in [0.717, 1.165) is 12.8 Å². The third-order valence-corrected chi connectivity index (χ3v) is 5.50. The number of rotatable bonds is 7. The third kappa shape index (κ3) is 3.36. The lowest BCUT2D eigenvalue weighted by Crippen LogP contribution is -2.46. The summed E-state index contributed by atoms with van der Waals surface area (Å²) < 4.78 is 16.0. The summed E-state index contributed by atoms with van der Waals surface area (Å²) in [6.07, 6.45) is 1.96. The Hall–Kier alpha value is 0.0569. The maximum absolute atomic E-state index is 5.44. The Morgan fingerprint density at radius 1 is 1.15 bits per heavy atom. The quantitative estimate of drug-likeness (QED) is 0.633. The highest BCUT2D eigenvalue weighted by atomic mass is 28.4. The molecule has 0 amide bonds. The first-order valence-corrected chi connectivity index (χ1v) is 6.32. The molecular formula is C8H21NO3Si. The van der Waals surface area contributed by atoms with Crippen LogP contribution in [0, 0.1) is 0 Å². The Morgan fingerprint density at radius 3 is 1.92 bits per heavy atom. The van der Waals surface area contributed by atoms with Gasteiger partial charge in [0.1, 0.15) is 0 Å². The van der Waals surface area contributed by atoms with Crippen molar-refractivity contribution < 1.29 is 13.3 Å². The number of hydrogen-bond donors (Lipinski definition) is 1. The van der Waals surface area contributed by atoms with Gasteiger partial charge in [0.25, 0.3) is 0 Å². The predicted molar refractivity (Wildman–Crippen MR) is 54.5 cm³/mol. The number of nitrogens with two attached hydrogens (primary N) is 1. The standard InChI is InChI=1S/C8H21NO3Si/c1-8(6-5-7-9)13(10-2,11-3)12-4/h8H,5-7,9H2,1-4H3.